The number of benzene rings is 1. The van der Waals surface area contributed by atoms with Crippen LogP contribution >= 0.6 is 0 Å². The second-order valence-electron chi connectivity index (χ2n) is 4.71. The van der Waals surface area contributed by atoms with Gasteiger partial charge in [-0.25, -0.2) is 0 Å². The van der Waals surface area contributed by atoms with Crippen molar-refractivity contribution in [2.24, 2.45) is 11.1 Å². The molecule has 2 N–H and O–H groups in total. The van der Waals surface area contributed by atoms with Gasteiger partial charge in [-0.1, -0.05) is 19.9 Å². The third-order valence-corrected chi connectivity index (χ3v) is 3.17. The summed E-state index contributed by atoms with van der Waals surface area (Å²) in [6.07, 6.45) is 1.04. The summed E-state index contributed by atoms with van der Waals surface area (Å²) in [7, 11) is 1.70. The predicted octanol–water partition coefficient (Wildman–Crippen LogP) is 2.28. The fourth-order valence-corrected chi connectivity index (χ4v) is 2.19. The van der Waals surface area contributed by atoms with Crippen LogP contribution in [0.5, 0.6) is 5.75 Å². The summed E-state index contributed by atoms with van der Waals surface area (Å²) in [5, 5.41) is 0. The lowest BCUT2D eigenvalue weighted by Gasteiger charge is -2.23. The van der Waals surface area contributed by atoms with Crippen LogP contribution < -0.4 is 10.5 Å². The van der Waals surface area contributed by atoms with Gasteiger partial charge in [-0.3, -0.25) is 0 Å². The number of methoxy groups -OCH3 is 1. The summed E-state index contributed by atoms with van der Waals surface area (Å²) in [4.78, 5) is 0. The molecule has 1 aliphatic carbocycles. The van der Waals surface area contributed by atoms with Crippen molar-refractivity contribution in [3.05, 3.63) is 29.3 Å². The fraction of sp³-hybridized carbons (Fsp3) is 0.500. The van der Waals surface area contributed by atoms with Gasteiger partial charge in [0.25, 0.3) is 0 Å². The van der Waals surface area contributed by atoms with Crippen LogP contribution in [0.2, 0.25) is 0 Å². The van der Waals surface area contributed by atoms with Gasteiger partial charge in [0.05, 0.1) is 7.11 Å². The molecule has 0 spiro atoms. The van der Waals surface area contributed by atoms with E-state index in [4.69, 9.17) is 10.5 Å². The zero-order valence-electron chi connectivity index (χ0n) is 9.00. The van der Waals surface area contributed by atoms with E-state index in [1.54, 1.807) is 7.11 Å². The van der Waals surface area contributed by atoms with Crippen LogP contribution in [0.4, 0.5) is 0 Å². The van der Waals surface area contributed by atoms with Gasteiger partial charge >= 0.3 is 0 Å². The van der Waals surface area contributed by atoms with E-state index in [0.717, 1.165) is 12.2 Å². The minimum atomic E-state index is 0.156. The standard InChI is InChI=1S/C12H17NO/c1-12(2)7-8-6-9(14-3)4-5-10(8)11(12)13/h4-6,11H,7,13H2,1-3H3. The van der Waals surface area contributed by atoms with Crippen LogP contribution in [0.1, 0.15) is 31.0 Å². The highest BCUT2D eigenvalue weighted by molar-refractivity contribution is 5.42. The lowest BCUT2D eigenvalue weighted by Crippen LogP contribution is -2.24. The van der Waals surface area contributed by atoms with Gasteiger partial charge in [-0.05, 0) is 35.1 Å². The smallest absolute Gasteiger partial charge is 0.119 e. The molecule has 1 aromatic carbocycles. The van der Waals surface area contributed by atoms with E-state index in [1.807, 2.05) is 6.07 Å². The first-order valence-corrected chi connectivity index (χ1v) is 4.97. The van der Waals surface area contributed by atoms with Gasteiger partial charge in [0.15, 0.2) is 0 Å². The molecule has 0 aromatic heterocycles. The van der Waals surface area contributed by atoms with E-state index in [1.165, 1.54) is 11.1 Å². The van der Waals surface area contributed by atoms with Crippen LogP contribution in [0, 0.1) is 5.41 Å². The van der Waals surface area contributed by atoms with Crippen molar-refractivity contribution < 1.29 is 4.74 Å². The molecule has 2 heteroatoms. The van der Waals surface area contributed by atoms with Crippen molar-refractivity contribution >= 4 is 0 Å². The lowest BCUT2D eigenvalue weighted by molar-refractivity contribution is 0.319. The van der Waals surface area contributed by atoms with E-state index < -0.39 is 0 Å². The minimum absolute atomic E-state index is 0.156. The number of fused-ring (bicyclic) bond motifs is 1. The molecule has 2 nitrogen and oxygen atoms in total. The Kier molecular flexibility index (Phi) is 2.04. The maximum Gasteiger partial charge on any atom is 0.119 e. The van der Waals surface area contributed by atoms with Gasteiger partial charge in [0.1, 0.15) is 5.75 Å². The summed E-state index contributed by atoms with van der Waals surface area (Å²) in [6, 6.07) is 6.33. The molecule has 1 unspecified atom stereocenters. The van der Waals surface area contributed by atoms with Crippen molar-refractivity contribution in [2.75, 3.05) is 7.11 Å². The zero-order chi connectivity index (χ0) is 10.3. The average Bonchev–Trinajstić information content (AvgIpc) is 2.37. The topological polar surface area (TPSA) is 35.2 Å². The molecule has 0 radical (unpaired) electrons. The molecular formula is C12H17NO. The normalized spacial score (nSPS) is 23.3. The highest BCUT2D eigenvalue weighted by atomic mass is 16.5. The second kappa shape index (κ2) is 2.99. The molecule has 76 valence electrons. The third kappa shape index (κ3) is 1.30. The number of rotatable bonds is 1. The minimum Gasteiger partial charge on any atom is -0.497 e. The average molecular weight is 191 g/mol. The molecule has 0 aliphatic heterocycles. The molecular weight excluding hydrogens is 174 g/mol. The number of hydrogen-bond donors (Lipinski definition) is 1. The van der Waals surface area contributed by atoms with Crippen LogP contribution in [0.15, 0.2) is 18.2 Å². The Hall–Kier alpha value is -1.02. The molecule has 1 aromatic rings. The van der Waals surface area contributed by atoms with Crippen molar-refractivity contribution in [3.63, 3.8) is 0 Å². The Morgan fingerprint density at radius 2 is 2.14 bits per heavy atom. The molecule has 1 aliphatic rings. The first kappa shape index (κ1) is 9.53. The van der Waals surface area contributed by atoms with Crippen molar-refractivity contribution in [1.29, 1.82) is 0 Å². The van der Waals surface area contributed by atoms with E-state index >= 15 is 0 Å². The molecule has 2 rings (SSSR count). The zero-order valence-corrected chi connectivity index (χ0v) is 9.00. The second-order valence-corrected chi connectivity index (χ2v) is 4.71. The molecule has 1 atom stereocenters. The molecule has 0 bridgehead atoms. The maximum absolute atomic E-state index is 6.17. The first-order chi connectivity index (χ1) is 6.54. The van der Waals surface area contributed by atoms with Crippen molar-refractivity contribution in [2.45, 2.75) is 26.3 Å². The van der Waals surface area contributed by atoms with Gasteiger partial charge in [0, 0.05) is 6.04 Å². The predicted molar refractivity (Wildman–Crippen MR) is 57.4 cm³/mol. The van der Waals surface area contributed by atoms with Crippen LogP contribution in [-0.2, 0) is 6.42 Å². The first-order valence-electron chi connectivity index (χ1n) is 4.97. The van der Waals surface area contributed by atoms with Crippen LogP contribution in [-0.4, -0.2) is 7.11 Å². The Morgan fingerprint density at radius 3 is 2.79 bits per heavy atom. The molecule has 0 heterocycles. The van der Waals surface area contributed by atoms with Crippen molar-refractivity contribution in [1.82, 2.24) is 0 Å². The Morgan fingerprint density at radius 1 is 1.43 bits per heavy atom. The molecule has 0 saturated heterocycles. The Bertz CT molecular complexity index is 357. The monoisotopic (exact) mass is 191 g/mol. The summed E-state index contributed by atoms with van der Waals surface area (Å²) in [6.45, 7) is 4.42. The summed E-state index contributed by atoms with van der Waals surface area (Å²) < 4.78 is 5.20. The number of hydrogen-bond acceptors (Lipinski definition) is 2. The summed E-state index contributed by atoms with van der Waals surface area (Å²) in [5.74, 6) is 0.925. The van der Waals surface area contributed by atoms with E-state index in [2.05, 4.69) is 26.0 Å². The third-order valence-electron chi connectivity index (χ3n) is 3.17. The van der Waals surface area contributed by atoms with Crippen LogP contribution in [0.25, 0.3) is 0 Å². The van der Waals surface area contributed by atoms with E-state index in [-0.39, 0.29) is 11.5 Å². The lowest BCUT2D eigenvalue weighted by atomic mass is 9.86. The van der Waals surface area contributed by atoms with E-state index in [9.17, 15) is 0 Å². The summed E-state index contributed by atoms with van der Waals surface area (Å²) >= 11 is 0. The van der Waals surface area contributed by atoms with Gasteiger partial charge in [-0.15, -0.1) is 0 Å². The van der Waals surface area contributed by atoms with Crippen LogP contribution in [0.3, 0.4) is 0 Å². The maximum atomic E-state index is 6.17. The van der Waals surface area contributed by atoms with E-state index in [0.29, 0.717) is 0 Å². The van der Waals surface area contributed by atoms with Gasteiger partial charge < -0.3 is 10.5 Å². The Labute approximate surface area is 85.1 Å². The molecule has 14 heavy (non-hydrogen) atoms. The highest BCUT2D eigenvalue weighted by Crippen LogP contribution is 2.44. The SMILES string of the molecule is COc1ccc2c(c1)CC(C)(C)C2N. The Balaban J connectivity index is 2.44. The van der Waals surface area contributed by atoms with Crippen molar-refractivity contribution in [3.8, 4) is 5.75 Å². The number of ether oxygens (including phenoxy) is 1. The molecule has 0 fully saturated rings. The summed E-state index contributed by atoms with van der Waals surface area (Å²) in [5.41, 5.74) is 8.96. The fourth-order valence-electron chi connectivity index (χ4n) is 2.19. The molecule has 0 saturated carbocycles. The highest BCUT2D eigenvalue weighted by Gasteiger charge is 2.36. The number of nitrogens with two attached hydrogens (primary N) is 1. The van der Waals surface area contributed by atoms with Gasteiger partial charge in [0.2, 0.25) is 0 Å². The quantitative estimate of drug-likeness (QED) is 0.739. The molecule has 0 amide bonds. The largest absolute Gasteiger partial charge is 0.497 e. The van der Waals surface area contributed by atoms with Gasteiger partial charge in [-0.2, -0.15) is 0 Å².